The van der Waals surface area contributed by atoms with Crippen LogP contribution in [0.4, 0.5) is 0 Å². The van der Waals surface area contributed by atoms with Crippen molar-refractivity contribution < 1.29 is 9.84 Å². The molecule has 0 aliphatic carbocycles. The number of aryl methyl sites for hydroxylation is 2. The van der Waals surface area contributed by atoms with Crippen LogP contribution in [0.25, 0.3) is 0 Å². The molecule has 0 fully saturated rings. The molecule has 1 unspecified atom stereocenters. The molecule has 2 rings (SSSR count). The highest BCUT2D eigenvalue weighted by molar-refractivity contribution is 7.12. The second kappa shape index (κ2) is 6.73. The van der Waals surface area contributed by atoms with Gasteiger partial charge in [0.15, 0.2) is 0 Å². The molecular formula is C16H20O2S. The standard InChI is InChI=1S/C16H20O2S/c1-3-14-9-11-16(19-14)15(17)10-6-12-4-7-13(18-2)8-5-12/h4-5,7-9,11,15,17H,3,6,10H2,1-2H3. The molecule has 0 radical (unpaired) electrons. The number of rotatable bonds is 6. The first-order valence-corrected chi connectivity index (χ1v) is 7.44. The maximum absolute atomic E-state index is 10.2. The molecule has 1 heterocycles. The largest absolute Gasteiger partial charge is 0.497 e. The molecule has 3 heteroatoms. The summed E-state index contributed by atoms with van der Waals surface area (Å²) < 4.78 is 5.13. The van der Waals surface area contributed by atoms with Crippen LogP contribution in [0, 0.1) is 0 Å². The van der Waals surface area contributed by atoms with Gasteiger partial charge in [-0.1, -0.05) is 19.1 Å². The molecule has 102 valence electrons. The highest BCUT2D eigenvalue weighted by atomic mass is 32.1. The van der Waals surface area contributed by atoms with Gasteiger partial charge in [0.25, 0.3) is 0 Å². The minimum Gasteiger partial charge on any atom is -0.497 e. The summed E-state index contributed by atoms with van der Waals surface area (Å²) in [5.41, 5.74) is 1.23. The summed E-state index contributed by atoms with van der Waals surface area (Å²) in [5, 5.41) is 10.2. The third kappa shape index (κ3) is 3.82. The van der Waals surface area contributed by atoms with E-state index in [1.54, 1.807) is 18.4 Å². The maximum atomic E-state index is 10.2. The van der Waals surface area contributed by atoms with Gasteiger partial charge in [-0.05, 0) is 49.1 Å². The van der Waals surface area contributed by atoms with E-state index in [9.17, 15) is 5.11 Å². The Morgan fingerprint density at radius 2 is 1.89 bits per heavy atom. The van der Waals surface area contributed by atoms with Gasteiger partial charge in [0.05, 0.1) is 13.2 Å². The molecule has 0 aliphatic rings. The predicted molar refractivity (Wildman–Crippen MR) is 80.0 cm³/mol. The van der Waals surface area contributed by atoms with Crippen molar-refractivity contribution in [1.29, 1.82) is 0 Å². The Morgan fingerprint density at radius 1 is 1.16 bits per heavy atom. The van der Waals surface area contributed by atoms with Gasteiger partial charge in [-0.15, -0.1) is 11.3 Å². The van der Waals surface area contributed by atoms with Crippen molar-refractivity contribution in [2.75, 3.05) is 7.11 Å². The minimum absolute atomic E-state index is 0.354. The molecule has 0 aliphatic heterocycles. The first-order chi connectivity index (χ1) is 9.22. The first kappa shape index (κ1) is 14.1. The smallest absolute Gasteiger partial charge is 0.118 e. The van der Waals surface area contributed by atoms with E-state index in [0.29, 0.717) is 0 Å². The van der Waals surface area contributed by atoms with Crippen molar-refractivity contribution in [3.8, 4) is 5.75 Å². The van der Waals surface area contributed by atoms with Crippen molar-refractivity contribution in [3.05, 3.63) is 51.7 Å². The van der Waals surface area contributed by atoms with Crippen LogP contribution in [-0.4, -0.2) is 12.2 Å². The van der Waals surface area contributed by atoms with Crippen LogP contribution < -0.4 is 4.74 Å². The maximum Gasteiger partial charge on any atom is 0.118 e. The van der Waals surface area contributed by atoms with Crippen LogP contribution in [-0.2, 0) is 12.8 Å². The number of methoxy groups -OCH3 is 1. The van der Waals surface area contributed by atoms with Gasteiger partial charge in [-0.2, -0.15) is 0 Å². The van der Waals surface area contributed by atoms with Crippen LogP contribution in [0.3, 0.4) is 0 Å². The number of ether oxygens (including phenoxy) is 1. The molecule has 2 aromatic rings. The molecule has 0 amide bonds. The predicted octanol–water partition coefficient (Wildman–Crippen LogP) is 3.99. The molecule has 1 N–H and O–H groups in total. The molecule has 0 saturated carbocycles. The molecule has 0 bridgehead atoms. The van der Waals surface area contributed by atoms with E-state index < -0.39 is 0 Å². The quantitative estimate of drug-likeness (QED) is 0.864. The lowest BCUT2D eigenvalue weighted by molar-refractivity contribution is 0.171. The van der Waals surface area contributed by atoms with E-state index in [-0.39, 0.29) is 6.10 Å². The summed E-state index contributed by atoms with van der Waals surface area (Å²) >= 11 is 1.71. The topological polar surface area (TPSA) is 29.5 Å². The van der Waals surface area contributed by atoms with Gasteiger partial charge in [0.2, 0.25) is 0 Å². The fourth-order valence-electron chi connectivity index (χ4n) is 2.00. The van der Waals surface area contributed by atoms with Crippen LogP contribution in [0.5, 0.6) is 5.75 Å². The molecule has 0 spiro atoms. The van der Waals surface area contributed by atoms with Gasteiger partial charge in [-0.3, -0.25) is 0 Å². The Kier molecular flexibility index (Phi) is 5.00. The van der Waals surface area contributed by atoms with Gasteiger partial charge >= 0.3 is 0 Å². The average Bonchev–Trinajstić information content (AvgIpc) is 2.94. The van der Waals surface area contributed by atoms with Gasteiger partial charge in [0, 0.05) is 9.75 Å². The van der Waals surface area contributed by atoms with E-state index in [1.165, 1.54) is 10.4 Å². The lowest BCUT2D eigenvalue weighted by atomic mass is 10.1. The zero-order valence-corrected chi connectivity index (χ0v) is 12.2. The summed E-state index contributed by atoms with van der Waals surface area (Å²) in [6.45, 7) is 2.14. The average molecular weight is 276 g/mol. The molecule has 1 atom stereocenters. The first-order valence-electron chi connectivity index (χ1n) is 6.62. The molecular weight excluding hydrogens is 256 g/mol. The Hall–Kier alpha value is -1.32. The van der Waals surface area contributed by atoms with Crippen LogP contribution in [0.2, 0.25) is 0 Å². The fraction of sp³-hybridized carbons (Fsp3) is 0.375. The zero-order valence-electron chi connectivity index (χ0n) is 11.4. The number of aliphatic hydroxyl groups excluding tert-OH is 1. The lowest BCUT2D eigenvalue weighted by Gasteiger charge is -2.09. The summed E-state index contributed by atoms with van der Waals surface area (Å²) in [5.74, 6) is 0.871. The van der Waals surface area contributed by atoms with Crippen molar-refractivity contribution in [3.63, 3.8) is 0 Å². The Labute approximate surface area is 118 Å². The molecule has 0 saturated heterocycles. The number of aliphatic hydroxyl groups is 1. The van der Waals surface area contributed by atoms with Gasteiger partial charge < -0.3 is 9.84 Å². The van der Waals surface area contributed by atoms with E-state index >= 15 is 0 Å². The Balaban J connectivity index is 1.90. The van der Waals surface area contributed by atoms with E-state index in [1.807, 2.05) is 18.2 Å². The Bertz CT molecular complexity index is 502. The van der Waals surface area contributed by atoms with Crippen LogP contribution in [0.1, 0.15) is 34.8 Å². The highest BCUT2D eigenvalue weighted by Crippen LogP contribution is 2.27. The van der Waals surface area contributed by atoms with Crippen molar-refractivity contribution >= 4 is 11.3 Å². The molecule has 1 aromatic carbocycles. The number of benzene rings is 1. The highest BCUT2D eigenvalue weighted by Gasteiger charge is 2.10. The van der Waals surface area contributed by atoms with Crippen LogP contribution in [0.15, 0.2) is 36.4 Å². The second-order valence-electron chi connectivity index (χ2n) is 4.56. The summed E-state index contributed by atoms with van der Waals surface area (Å²) in [6, 6.07) is 12.2. The third-order valence-electron chi connectivity index (χ3n) is 3.22. The summed E-state index contributed by atoms with van der Waals surface area (Å²) in [4.78, 5) is 2.41. The van der Waals surface area contributed by atoms with Gasteiger partial charge in [-0.25, -0.2) is 0 Å². The van der Waals surface area contributed by atoms with Crippen LogP contribution >= 0.6 is 11.3 Å². The second-order valence-corrected chi connectivity index (χ2v) is 5.76. The van der Waals surface area contributed by atoms with E-state index in [4.69, 9.17) is 4.74 Å². The SMILES string of the molecule is CCc1ccc(C(O)CCc2ccc(OC)cc2)s1. The Morgan fingerprint density at radius 3 is 2.47 bits per heavy atom. The zero-order chi connectivity index (χ0) is 13.7. The molecule has 19 heavy (non-hydrogen) atoms. The van der Waals surface area contributed by atoms with Crippen molar-refractivity contribution in [1.82, 2.24) is 0 Å². The van der Waals surface area contributed by atoms with E-state index in [0.717, 1.165) is 29.9 Å². The van der Waals surface area contributed by atoms with Crippen molar-refractivity contribution in [2.24, 2.45) is 0 Å². The van der Waals surface area contributed by atoms with E-state index in [2.05, 4.69) is 25.1 Å². The summed E-state index contributed by atoms with van der Waals surface area (Å²) in [7, 11) is 1.67. The fourth-order valence-corrected chi connectivity index (χ4v) is 2.97. The van der Waals surface area contributed by atoms with Crippen molar-refractivity contribution in [2.45, 2.75) is 32.3 Å². The number of hydrogen-bond donors (Lipinski definition) is 1. The minimum atomic E-state index is -0.354. The normalized spacial score (nSPS) is 12.4. The monoisotopic (exact) mass is 276 g/mol. The molecule has 2 nitrogen and oxygen atoms in total. The van der Waals surface area contributed by atoms with Gasteiger partial charge in [0.1, 0.15) is 5.75 Å². The summed E-state index contributed by atoms with van der Waals surface area (Å²) in [6.07, 6.45) is 2.32. The molecule has 1 aromatic heterocycles. The third-order valence-corrected chi connectivity index (χ3v) is 4.56. The lowest BCUT2D eigenvalue weighted by Crippen LogP contribution is -1.97. The number of hydrogen-bond acceptors (Lipinski definition) is 3. The number of thiophene rings is 1.